The molecule has 138 valence electrons. The average Bonchev–Trinajstić information content (AvgIpc) is 2.64. The number of carbonyl (C=O) groups is 1. The zero-order valence-electron chi connectivity index (χ0n) is 14.5. The van der Waals surface area contributed by atoms with E-state index in [1.165, 1.54) is 34.6 Å². The van der Waals surface area contributed by atoms with Crippen molar-refractivity contribution in [3.63, 3.8) is 0 Å². The number of anilines is 1. The number of carbonyl (C=O) groups excluding carboxylic acids is 1. The van der Waals surface area contributed by atoms with Crippen LogP contribution in [0.2, 0.25) is 0 Å². The number of rotatable bonds is 4. The molecule has 3 rings (SSSR count). The van der Waals surface area contributed by atoms with Crippen molar-refractivity contribution in [2.45, 2.75) is 31.1 Å². The minimum atomic E-state index is -3.64. The van der Waals surface area contributed by atoms with E-state index in [9.17, 15) is 17.6 Å². The van der Waals surface area contributed by atoms with Crippen molar-refractivity contribution in [2.24, 2.45) is 0 Å². The average molecular weight is 376 g/mol. The fourth-order valence-corrected chi connectivity index (χ4v) is 4.56. The van der Waals surface area contributed by atoms with Gasteiger partial charge in [-0.15, -0.1) is 0 Å². The number of hydrogen-bond donors (Lipinski definition) is 1. The summed E-state index contributed by atoms with van der Waals surface area (Å²) < 4.78 is 40.9. The van der Waals surface area contributed by atoms with E-state index in [4.69, 9.17) is 0 Å². The highest BCUT2D eigenvalue weighted by molar-refractivity contribution is 7.89. The van der Waals surface area contributed by atoms with E-state index >= 15 is 0 Å². The molecule has 0 saturated carbocycles. The number of benzene rings is 2. The second-order valence-electron chi connectivity index (χ2n) is 6.38. The Labute approximate surface area is 152 Å². The summed E-state index contributed by atoms with van der Waals surface area (Å²) in [5, 5.41) is 2.50. The number of para-hydroxylation sites is 1. The quantitative estimate of drug-likeness (QED) is 0.887. The van der Waals surface area contributed by atoms with Crippen molar-refractivity contribution in [1.82, 2.24) is 4.31 Å². The van der Waals surface area contributed by atoms with E-state index in [-0.39, 0.29) is 16.1 Å². The molecule has 1 saturated heterocycles. The highest BCUT2D eigenvalue weighted by atomic mass is 32.2. The molecule has 1 N–H and O–H groups in total. The molecule has 0 unspecified atom stereocenters. The van der Waals surface area contributed by atoms with Crippen LogP contribution in [-0.4, -0.2) is 31.7 Å². The number of aryl methyl sites for hydroxylation is 1. The molecule has 0 aromatic heterocycles. The first kappa shape index (κ1) is 18.5. The van der Waals surface area contributed by atoms with E-state index in [0.29, 0.717) is 18.7 Å². The van der Waals surface area contributed by atoms with Gasteiger partial charge in [-0.05, 0) is 49.6 Å². The number of nitrogens with zero attached hydrogens (tertiary/aromatic N) is 1. The standard InChI is InChI=1S/C19H21FN2O3S/c1-14-9-10-15(26(24,25)22-11-5-2-6-12-22)13-16(14)19(23)21-18-8-4-3-7-17(18)20/h3-4,7-10,13H,2,5-6,11-12H2,1H3,(H,21,23). The van der Waals surface area contributed by atoms with Crippen LogP contribution in [0.5, 0.6) is 0 Å². The molecule has 5 nitrogen and oxygen atoms in total. The third-order valence-corrected chi connectivity index (χ3v) is 6.42. The van der Waals surface area contributed by atoms with Crippen molar-refractivity contribution < 1.29 is 17.6 Å². The van der Waals surface area contributed by atoms with E-state index in [1.807, 2.05) is 0 Å². The van der Waals surface area contributed by atoms with Crippen molar-refractivity contribution in [2.75, 3.05) is 18.4 Å². The van der Waals surface area contributed by atoms with Crippen molar-refractivity contribution in [3.05, 3.63) is 59.4 Å². The van der Waals surface area contributed by atoms with Crippen LogP contribution in [0, 0.1) is 12.7 Å². The first-order chi connectivity index (χ1) is 12.4. The molecule has 1 aliphatic heterocycles. The van der Waals surface area contributed by atoms with Gasteiger partial charge < -0.3 is 5.32 Å². The molecule has 1 fully saturated rings. The minimum absolute atomic E-state index is 0.0567. The summed E-state index contributed by atoms with van der Waals surface area (Å²) >= 11 is 0. The maximum absolute atomic E-state index is 13.8. The molecular formula is C19H21FN2O3S. The second kappa shape index (κ2) is 7.55. The minimum Gasteiger partial charge on any atom is -0.319 e. The Morgan fingerprint density at radius 3 is 2.46 bits per heavy atom. The van der Waals surface area contributed by atoms with Gasteiger partial charge in [0, 0.05) is 18.7 Å². The van der Waals surface area contributed by atoms with Crippen LogP contribution < -0.4 is 5.32 Å². The fourth-order valence-electron chi connectivity index (χ4n) is 3.01. The first-order valence-corrected chi connectivity index (χ1v) is 10.0. The maximum atomic E-state index is 13.8. The Morgan fingerprint density at radius 2 is 1.77 bits per heavy atom. The van der Waals surface area contributed by atoms with Crippen molar-refractivity contribution >= 4 is 21.6 Å². The molecule has 2 aromatic carbocycles. The van der Waals surface area contributed by atoms with Crippen molar-refractivity contribution in [1.29, 1.82) is 0 Å². The lowest BCUT2D eigenvalue weighted by atomic mass is 10.1. The number of amides is 1. The Hall–Kier alpha value is -2.25. The number of piperidine rings is 1. The summed E-state index contributed by atoms with van der Waals surface area (Å²) in [4.78, 5) is 12.6. The molecule has 7 heteroatoms. The summed E-state index contributed by atoms with van der Waals surface area (Å²) in [6.07, 6.45) is 2.70. The van der Waals surface area contributed by atoms with Crippen LogP contribution in [0.3, 0.4) is 0 Å². The number of nitrogens with one attached hydrogen (secondary N) is 1. The lowest BCUT2D eigenvalue weighted by Gasteiger charge is -2.26. The Bertz CT molecular complexity index is 922. The normalized spacial score (nSPS) is 15.6. The smallest absolute Gasteiger partial charge is 0.256 e. The summed E-state index contributed by atoms with van der Waals surface area (Å²) in [5.41, 5.74) is 0.893. The maximum Gasteiger partial charge on any atom is 0.256 e. The SMILES string of the molecule is Cc1ccc(S(=O)(=O)N2CCCCC2)cc1C(=O)Nc1ccccc1F. The molecule has 0 aliphatic carbocycles. The Kier molecular flexibility index (Phi) is 5.38. The molecular weight excluding hydrogens is 355 g/mol. The molecule has 1 amide bonds. The molecule has 0 atom stereocenters. The number of sulfonamides is 1. The fraction of sp³-hybridized carbons (Fsp3) is 0.316. The van der Waals surface area contributed by atoms with Crippen LogP contribution >= 0.6 is 0 Å². The second-order valence-corrected chi connectivity index (χ2v) is 8.31. The van der Waals surface area contributed by atoms with E-state index < -0.39 is 21.7 Å². The molecule has 1 heterocycles. The van der Waals surface area contributed by atoms with Gasteiger partial charge >= 0.3 is 0 Å². The largest absolute Gasteiger partial charge is 0.319 e. The third kappa shape index (κ3) is 3.78. The van der Waals surface area contributed by atoms with Gasteiger partial charge in [-0.2, -0.15) is 4.31 Å². The Balaban J connectivity index is 1.90. The zero-order valence-corrected chi connectivity index (χ0v) is 15.4. The lowest BCUT2D eigenvalue weighted by molar-refractivity contribution is 0.102. The predicted molar refractivity (Wildman–Crippen MR) is 98.1 cm³/mol. The van der Waals surface area contributed by atoms with Gasteiger partial charge in [-0.3, -0.25) is 4.79 Å². The summed E-state index contributed by atoms with van der Waals surface area (Å²) in [6.45, 7) is 2.70. The lowest BCUT2D eigenvalue weighted by Crippen LogP contribution is -2.35. The summed E-state index contributed by atoms with van der Waals surface area (Å²) in [5.74, 6) is -1.08. The number of halogens is 1. The highest BCUT2D eigenvalue weighted by Crippen LogP contribution is 2.23. The monoisotopic (exact) mass is 376 g/mol. The van der Waals surface area contributed by atoms with E-state index in [2.05, 4.69) is 5.32 Å². The third-order valence-electron chi connectivity index (χ3n) is 4.53. The van der Waals surface area contributed by atoms with Gasteiger partial charge in [0.2, 0.25) is 10.0 Å². The van der Waals surface area contributed by atoms with Gasteiger partial charge in [0.1, 0.15) is 5.82 Å². The van der Waals surface area contributed by atoms with Crippen LogP contribution in [0.15, 0.2) is 47.4 Å². The van der Waals surface area contributed by atoms with Gasteiger partial charge in [0.15, 0.2) is 0 Å². The van der Waals surface area contributed by atoms with Crippen molar-refractivity contribution in [3.8, 4) is 0 Å². The van der Waals surface area contributed by atoms with Gasteiger partial charge in [0.05, 0.1) is 10.6 Å². The molecule has 0 bridgehead atoms. The van der Waals surface area contributed by atoms with Crippen LogP contribution in [0.1, 0.15) is 35.2 Å². The Morgan fingerprint density at radius 1 is 1.08 bits per heavy atom. The van der Waals surface area contributed by atoms with E-state index in [0.717, 1.165) is 19.3 Å². The first-order valence-electron chi connectivity index (χ1n) is 8.56. The predicted octanol–water partition coefficient (Wildman–Crippen LogP) is 3.56. The molecule has 1 aliphatic rings. The molecule has 2 aromatic rings. The molecule has 26 heavy (non-hydrogen) atoms. The molecule has 0 radical (unpaired) electrons. The van der Waals surface area contributed by atoms with Gasteiger partial charge in [-0.25, -0.2) is 12.8 Å². The highest BCUT2D eigenvalue weighted by Gasteiger charge is 2.27. The van der Waals surface area contributed by atoms with Crippen LogP contribution in [0.25, 0.3) is 0 Å². The van der Waals surface area contributed by atoms with Gasteiger partial charge in [-0.1, -0.05) is 24.6 Å². The number of hydrogen-bond acceptors (Lipinski definition) is 3. The van der Waals surface area contributed by atoms with E-state index in [1.54, 1.807) is 19.1 Å². The van der Waals surface area contributed by atoms with Crippen LogP contribution in [0.4, 0.5) is 10.1 Å². The topological polar surface area (TPSA) is 66.5 Å². The van der Waals surface area contributed by atoms with Crippen LogP contribution in [-0.2, 0) is 10.0 Å². The summed E-state index contributed by atoms with van der Waals surface area (Å²) in [7, 11) is -3.64. The molecule has 0 spiro atoms. The zero-order chi connectivity index (χ0) is 18.7. The van der Waals surface area contributed by atoms with Gasteiger partial charge in [0.25, 0.3) is 5.91 Å². The summed E-state index contributed by atoms with van der Waals surface area (Å²) in [6, 6.07) is 10.3.